The Balaban J connectivity index is 2.97. The average molecular weight is 229 g/mol. The smallest absolute Gasteiger partial charge is 0.322 e. The van der Waals surface area contributed by atoms with Crippen LogP contribution in [0, 0.1) is 24.7 Å². The van der Waals surface area contributed by atoms with Crippen molar-refractivity contribution in [2.45, 2.75) is 0 Å². The van der Waals surface area contributed by atoms with Gasteiger partial charge in [-0.2, -0.15) is 15.0 Å². The summed E-state index contributed by atoms with van der Waals surface area (Å²) < 4.78 is 4.99. The van der Waals surface area contributed by atoms with Gasteiger partial charge in [-0.05, 0) is 10.6 Å². The highest BCUT2D eigenvalue weighted by Gasteiger charge is 2.05. The molecule has 0 fully saturated rings. The van der Waals surface area contributed by atoms with Crippen molar-refractivity contribution in [2.75, 3.05) is 18.5 Å². The maximum absolute atomic E-state index is 8.29. The second-order valence-corrected chi connectivity index (χ2v) is 2.48. The van der Waals surface area contributed by atoms with Gasteiger partial charge in [0, 0.05) is 4.91 Å². The molecule has 84 valence electrons. The number of aromatic nitrogens is 3. The second kappa shape index (κ2) is 6.51. The largest absolute Gasteiger partial charge is 0.450 e. The van der Waals surface area contributed by atoms with E-state index in [0.717, 1.165) is 0 Å². The van der Waals surface area contributed by atoms with E-state index in [-0.39, 0.29) is 31.1 Å². The van der Waals surface area contributed by atoms with Crippen LogP contribution in [-0.2, 0) is 0 Å². The Morgan fingerprint density at radius 2 is 2.18 bits per heavy atom. The first kappa shape index (κ1) is 12.1. The maximum Gasteiger partial charge on any atom is 0.322 e. The van der Waals surface area contributed by atoms with Gasteiger partial charge in [-0.25, -0.2) is 0 Å². The van der Waals surface area contributed by atoms with E-state index in [1.807, 2.05) is 0 Å². The quantitative estimate of drug-likeness (QED) is 0.348. The predicted molar refractivity (Wildman–Crippen MR) is 60.3 cm³/mol. The van der Waals surface area contributed by atoms with Crippen molar-refractivity contribution < 1.29 is 4.74 Å². The lowest BCUT2D eigenvalue weighted by atomic mass is 10.6. The molecule has 0 atom stereocenters. The van der Waals surface area contributed by atoms with Crippen LogP contribution in [0.3, 0.4) is 0 Å². The molecule has 0 aliphatic rings. The van der Waals surface area contributed by atoms with Crippen LogP contribution in [0.5, 0.6) is 6.01 Å². The van der Waals surface area contributed by atoms with Gasteiger partial charge in [-0.3, -0.25) is 0 Å². The third kappa shape index (κ3) is 3.96. The van der Waals surface area contributed by atoms with E-state index in [2.05, 4.69) is 42.1 Å². The fourth-order valence-electron chi connectivity index (χ4n) is 0.810. The Labute approximate surface area is 97.1 Å². The van der Waals surface area contributed by atoms with Crippen LogP contribution in [0.25, 0.3) is 10.4 Å². The van der Waals surface area contributed by atoms with Gasteiger partial charge in [0.2, 0.25) is 11.9 Å². The van der Waals surface area contributed by atoms with Gasteiger partial charge in [0.1, 0.15) is 0 Å². The first-order chi connectivity index (χ1) is 8.30. The van der Waals surface area contributed by atoms with Gasteiger partial charge in [0.05, 0.1) is 6.54 Å². The molecular weight excluding hydrogens is 222 g/mol. The maximum atomic E-state index is 8.29. The molecule has 0 radical (unpaired) electrons. The molecule has 1 heterocycles. The van der Waals surface area contributed by atoms with E-state index in [0.29, 0.717) is 0 Å². The molecule has 0 bridgehead atoms. The van der Waals surface area contributed by atoms with E-state index in [9.17, 15) is 0 Å². The first-order valence-corrected chi connectivity index (χ1v) is 4.35. The van der Waals surface area contributed by atoms with Gasteiger partial charge in [-0.15, -0.1) is 12.8 Å². The molecule has 0 saturated carbocycles. The van der Waals surface area contributed by atoms with Crippen molar-refractivity contribution in [3.05, 3.63) is 10.4 Å². The van der Waals surface area contributed by atoms with Crippen molar-refractivity contribution in [3.63, 3.8) is 0 Å². The minimum Gasteiger partial charge on any atom is -0.450 e. The van der Waals surface area contributed by atoms with Gasteiger partial charge >= 0.3 is 6.01 Å². The number of hydrogen-bond acceptors (Lipinski definition) is 6. The summed E-state index contributed by atoms with van der Waals surface area (Å²) in [6, 6.07) is -0.0418. The zero-order valence-corrected chi connectivity index (χ0v) is 8.66. The summed E-state index contributed by atoms with van der Waals surface area (Å²) in [4.78, 5) is 13.9. The van der Waals surface area contributed by atoms with E-state index in [4.69, 9.17) is 23.1 Å². The van der Waals surface area contributed by atoms with Crippen molar-refractivity contribution in [3.8, 4) is 30.7 Å². The Kier molecular flexibility index (Phi) is 4.64. The van der Waals surface area contributed by atoms with Crippen molar-refractivity contribution in [2.24, 2.45) is 5.11 Å². The van der Waals surface area contributed by atoms with Gasteiger partial charge < -0.3 is 10.1 Å². The molecule has 0 aromatic carbocycles. The normalized spacial score (nSPS) is 8.35. The molecule has 0 spiro atoms. The number of terminal acetylenes is 2. The molecule has 1 aromatic rings. The summed E-state index contributed by atoms with van der Waals surface area (Å²) in [6.07, 6.45) is 10.1. The fraction of sp³-hybridized carbons (Fsp3) is 0.222. The lowest BCUT2D eigenvalue weighted by Gasteiger charge is -2.04. The van der Waals surface area contributed by atoms with Crippen molar-refractivity contribution >= 4 is 11.9 Å². The standard InChI is InChI=1S/C9H7N7O/c1-3-5-11-7-12-8(15-16-10)14-9(13-7)17-6-4-2/h1-2H,5-6H2,(H,11,12,13,14). The monoisotopic (exact) mass is 229 g/mol. The van der Waals surface area contributed by atoms with Crippen LogP contribution in [0.4, 0.5) is 11.9 Å². The number of rotatable bonds is 5. The predicted octanol–water partition coefficient (Wildman–Crippen LogP) is 0.870. The second-order valence-electron chi connectivity index (χ2n) is 2.48. The van der Waals surface area contributed by atoms with Crippen molar-refractivity contribution in [1.29, 1.82) is 0 Å². The minimum absolute atomic E-state index is 0.00565. The number of nitrogens with zero attached hydrogens (tertiary/aromatic N) is 6. The van der Waals surface area contributed by atoms with Gasteiger partial charge in [0.15, 0.2) is 6.61 Å². The zero-order valence-electron chi connectivity index (χ0n) is 8.66. The average Bonchev–Trinajstić information content (AvgIpc) is 2.34. The number of azide groups is 1. The highest BCUT2D eigenvalue weighted by atomic mass is 16.5. The molecule has 0 aliphatic heterocycles. The molecule has 1 aromatic heterocycles. The fourth-order valence-corrected chi connectivity index (χ4v) is 0.810. The summed E-state index contributed by atoms with van der Waals surface area (Å²) in [6.45, 7) is 0.211. The van der Waals surface area contributed by atoms with Crippen LogP contribution in [0.15, 0.2) is 5.11 Å². The zero-order chi connectivity index (χ0) is 12.5. The van der Waals surface area contributed by atoms with Crippen LogP contribution < -0.4 is 10.1 Å². The molecule has 0 unspecified atom stereocenters. The van der Waals surface area contributed by atoms with Crippen LogP contribution in [-0.4, -0.2) is 28.1 Å². The number of hydrogen-bond donors (Lipinski definition) is 1. The van der Waals surface area contributed by atoms with E-state index < -0.39 is 0 Å². The number of ether oxygens (including phenoxy) is 1. The molecular formula is C9H7N7O. The molecule has 1 N–H and O–H groups in total. The van der Waals surface area contributed by atoms with Crippen molar-refractivity contribution in [1.82, 2.24) is 15.0 Å². The minimum atomic E-state index is -0.131. The number of nitrogens with one attached hydrogen (secondary N) is 1. The highest BCUT2D eigenvalue weighted by molar-refractivity contribution is 5.33. The Bertz CT molecular complexity index is 485. The molecule has 0 aliphatic carbocycles. The molecule has 8 nitrogen and oxygen atoms in total. The summed E-state index contributed by atoms with van der Waals surface area (Å²) >= 11 is 0. The molecule has 17 heavy (non-hydrogen) atoms. The van der Waals surface area contributed by atoms with E-state index >= 15 is 0 Å². The molecule has 8 heteroatoms. The van der Waals surface area contributed by atoms with E-state index in [1.165, 1.54) is 0 Å². The molecule has 0 amide bonds. The summed E-state index contributed by atoms with van der Waals surface area (Å²) in [5, 5.41) is 5.94. The summed E-state index contributed by atoms with van der Waals surface area (Å²) in [7, 11) is 0. The lowest BCUT2D eigenvalue weighted by molar-refractivity contribution is 0.339. The van der Waals surface area contributed by atoms with Crippen LogP contribution >= 0.6 is 0 Å². The molecule has 1 rings (SSSR count). The third-order valence-corrected chi connectivity index (χ3v) is 1.37. The Morgan fingerprint density at radius 3 is 2.82 bits per heavy atom. The van der Waals surface area contributed by atoms with E-state index in [1.54, 1.807) is 0 Å². The van der Waals surface area contributed by atoms with Gasteiger partial charge in [0.25, 0.3) is 0 Å². The number of anilines is 1. The lowest BCUT2D eigenvalue weighted by Crippen LogP contribution is -2.07. The SMILES string of the molecule is C#CCNc1nc(N=[N+]=[N-])nc(OCC#C)n1. The molecule has 0 saturated heterocycles. The topological polar surface area (TPSA) is 109 Å². The highest BCUT2D eigenvalue weighted by Crippen LogP contribution is 2.13. The van der Waals surface area contributed by atoms with Crippen LogP contribution in [0.2, 0.25) is 0 Å². The third-order valence-electron chi connectivity index (χ3n) is 1.37. The Hall–Kier alpha value is -2.96. The Morgan fingerprint density at radius 1 is 1.35 bits per heavy atom. The van der Waals surface area contributed by atoms with Crippen LogP contribution in [0.1, 0.15) is 0 Å². The van der Waals surface area contributed by atoms with Gasteiger partial charge in [-0.1, -0.05) is 11.8 Å². The first-order valence-electron chi connectivity index (χ1n) is 4.35. The summed E-state index contributed by atoms with van der Waals surface area (Å²) in [5.74, 6) is 4.61. The summed E-state index contributed by atoms with van der Waals surface area (Å²) in [5.41, 5.74) is 8.29.